The quantitative estimate of drug-likeness (QED) is 0.654. The van der Waals surface area contributed by atoms with E-state index >= 15 is 0 Å². The first-order valence-corrected chi connectivity index (χ1v) is 11.5. The van der Waals surface area contributed by atoms with Crippen LogP contribution in [0.15, 0.2) is 47.4 Å². The largest absolute Gasteiger partial charge is 0.490 e. The standard InChI is InChI=1S/C22H28N2O6S/c1-15(2)21(16-9-10-19-20(14-16)30-12-6-11-29-19)23-22(25)17-7-5-8-18(13-17)31(26,27)24(3)28-4/h5,7-10,13-15,21H,6,11-12H2,1-4H3,(H,23,25). The van der Waals surface area contributed by atoms with Gasteiger partial charge >= 0.3 is 0 Å². The van der Waals surface area contributed by atoms with Crippen LogP contribution in [0.3, 0.4) is 0 Å². The molecule has 9 heteroatoms. The summed E-state index contributed by atoms with van der Waals surface area (Å²) in [6, 6.07) is 11.2. The minimum Gasteiger partial charge on any atom is -0.490 e. The molecule has 168 valence electrons. The molecular weight excluding hydrogens is 420 g/mol. The summed E-state index contributed by atoms with van der Waals surface area (Å²) in [5.74, 6) is 1.06. The van der Waals surface area contributed by atoms with Crippen molar-refractivity contribution in [3.05, 3.63) is 53.6 Å². The third-order valence-corrected chi connectivity index (χ3v) is 6.75. The van der Waals surface area contributed by atoms with Crippen molar-refractivity contribution in [1.82, 2.24) is 9.79 Å². The SMILES string of the molecule is CON(C)S(=O)(=O)c1cccc(C(=O)NC(c2ccc3c(c2)OCCCO3)C(C)C)c1. The van der Waals surface area contributed by atoms with Crippen molar-refractivity contribution in [2.24, 2.45) is 5.92 Å². The highest BCUT2D eigenvalue weighted by Gasteiger charge is 2.24. The molecule has 1 atom stereocenters. The summed E-state index contributed by atoms with van der Waals surface area (Å²) in [5.41, 5.74) is 1.13. The maximum absolute atomic E-state index is 13.0. The third kappa shape index (κ3) is 5.17. The average molecular weight is 449 g/mol. The highest BCUT2D eigenvalue weighted by Crippen LogP contribution is 2.34. The number of hydroxylamine groups is 1. The highest BCUT2D eigenvalue weighted by atomic mass is 32.2. The average Bonchev–Trinajstić information content (AvgIpc) is 3.01. The maximum atomic E-state index is 13.0. The van der Waals surface area contributed by atoms with E-state index in [0.29, 0.717) is 24.7 Å². The second kappa shape index (κ2) is 9.67. The summed E-state index contributed by atoms with van der Waals surface area (Å²) >= 11 is 0. The van der Waals surface area contributed by atoms with Crippen molar-refractivity contribution in [3.63, 3.8) is 0 Å². The van der Waals surface area contributed by atoms with Crippen molar-refractivity contribution in [3.8, 4) is 11.5 Å². The van der Waals surface area contributed by atoms with Gasteiger partial charge in [0.1, 0.15) is 0 Å². The van der Waals surface area contributed by atoms with Gasteiger partial charge in [0.25, 0.3) is 15.9 Å². The molecule has 8 nitrogen and oxygen atoms in total. The molecule has 0 saturated heterocycles. The van der Waals surface area contributed by atoms with Crippen molar-refractivity contribution in [1.29, 1.82) is 0 Å². The Hall–Kier alpha value is -2.62. The zero-order valence-electron chi connectivity index (χ0n) is 18.1. The van der Waals surface area contributed by atoms with Gasteiger partial charge in [-0.15, -0.1) is 0 Å². The minimum atomic E-state index is -3.86. The van der Waals surface area contributed by atoms with Gasteiger partial charge in [-0.1, -0.05) is 30.4 Å². The van der Waals surface area contributed by atoms with Crippen LogP contribution < -0.4 is 14.8 Å². The lowest BCUT2D eigenvalue weighted by Crippen LogP contribution is -2.32. The van der Waals surface area contributed by atoms with E-state index in [1.165, 1.54) is 32.4 Å². The van der Waals surface area contributed by atoms with Crippen molar-refractivity contribution in [2.45, 2.75) is 31.2 Å². The Kier molecular flexibility index (Phi) is 7.19. The summed E-state index contributed by atoms with van der Waals surface area (Å²) in [4.78, 5) is 17.8. The van der Waals surface area contributed by atoms with Crippen LogP contribution in [0.1, 0.15) is 42.2 Å². The molecule has 0 bridgehead atoms. The second-order valence-corrected chi connectivity index (χ2v) is 9.51. The molecule has 3 rings (SSSR count). The summed E-state index contributed by atoms with van der Waals surface area (Å²) in [7, 11) is -1.30. The first-order valence-electron chi connectivity index (χ1n) is 10.1. The number of rotatable bonds is 7. The fourth-order valence-electron chi connectivity index (χ4n) is 3.28. The number of benzene rings is 2. The molecule has 1 aliphatic heterocycles. The third-order valence-electron chi connectivity index (χ3n) is 5.07. The van der Waals surface area contributed by atoms with Gasteiger partial charge in [0.15, 0.2) is 11.5 Å². The molecular formula is C22H28N2O6S. The van der Waals surface area contributed by atoms with Crippen LogP contribution in [0, 0.1) is 5.92 Å². The van der Waals surface area contributed by atoms with Gasteiger partial charge in [-0.3, -0.25) is 9.63 Å². The first kappa shape index (κ1) is 23.1. The van der Waals surface area contributed by atoms with E-state index in [-0.39, 0.29) is 28.3 Å². The monoisotopic (exact) mass is 448 g/mol. The molecule has 31 heavy (non-hydrogen) atoms. The topological polar surface area (TPSA) is 94.2 Å². The van der Waals surface area contributed by atoms with Crippen molar-refractivity contribution >= 4 is 15.9 Å². The number of nitrogens with one attached hydrogen (secondary N) is 1. The number of ether oxygens (including phenoxy) is 2. The normalized spacial score (nSPS) is 14.9. The lowest BCUT2D eigenvalue weighted by atomic mass is 9.95. The van der Waals surface area contributed by atoms with Crippen LogP contribution in [-0.4, -0.2) is 46.2 Å². The number of nitrogens with zero attached hydrogens (tertiary/aromatic N) is 1. The predicted octanol–water partition coefficient (Wildman–Crippen LogP) is 3.16. The Balaban J connectivity index is 1.85. The zero-order valence-corrected chi connectivity index (χ0v) is 18.9. The molecule has 1 heterocycles. The first-order chi connectivity index (χ1) is 14.7. The van der Waals surface area contributed by atoms with Crippen molar-refractivity contribution in [2.75, 3.05) is 27.4 Å². The van der Waals surface area contributed by atoms with Crippen LogP contribution in [0.4, 0.5) is 0 Å². The number of fused-ring (bicyclic) bond motifs is 1. The van der Waals surface area contributed by atoms with Gasteiger partial charge in [0.05, 0.1) is 31.3 Å². The smallest absolute Gasteiger partial charge is 0.264 e. The van der Waals surface area contributed by atoms with Crippen LogP contribution in [0.2, 0.25) is 0 Å². The van der Waals surface area contributed by atoms with E-state index in [1.807, 2.05) is 32.0 Å². The van der Waals surface area contributed by atoms with Crippen molar-refractivity contribution < 1.29 is 27.5 Å². The molecule has 0 radical (unpaired) electrons. The fourth-order valence-corrected chi connectivity index (χ4v) is 4.30. The van der Waals surface area contributed by atoms with E-state index in [4.69, 9.17) is 14.3 Å². The highest BCUT2D eigenvalue weighted by molar-refractivity contribution is 7.89. The summed E-state index contributed by atoms with van der Waals surface area (Å²) in [5, 5.41) is 3.02. The minimum absolute atomic E-state index is 0.0267. The molecule has 0 aliphatic carbocycles. The molecule has 2 aromatic carbocycles. The second-order valence-electron chi connectivity index (χ2n) is 7.58. The Morgan fingerprint density at radius 2 is 1.81 bits per heavy atom. The van der Waals surface area contributed by atoms with E-state index in [1.54, 1.807) is 6.07 Å². The van der Waals surface area contributed by atoms with Gasteiger partial charge in [0, 0.05) is 19.0 Å². The van der Waals surface area contributed by atoms with Crippen LogP contribution in [0.25, 0.3) is 0 Å². The maximum Gasteiger partial charge on any atom is 0.264 e. The zero-order chi connectivity index (χ0) is 22.6. The Bertz CT molecular complexity index is 1040. The summed E-state index contributed by atoms with van der Waals surface area (Å²) in [6.45, 7) is 5.19. The Labute approximate surface area is 183 Å². The van der Waals surface area contributed by atoms with Crippen LogP contribution >= 0.6 is 0 Å². The lowest BCUT2D eigenvalue weighted by Gasteiger charge is -2.24. The molecule has 1 unspecified atom stereocenters. The Morgan fingerprint density at radius 3 is 2.48 bits per heavy atom. The number of hydrogen-bond acceptors (Lipinski definition) is 6. The lowest BCUT2D eigenvalue weighted by molar-refractivity contribution is -0.0258. The molecule has 1 amide bonds. The molecule has 0 aromatic heterocycles. The number of hydrogen-bond donors (Lipinski definition) is 1. The van der Waals surface area contributed by atoms with Gasteiger partial charge in [-0.2, -0.15) is 0 Å². The summed E-state index contributed by atoms with van der Waals surface area (Å²) in [6.07, 6.45) is 0.811. The van der Waals surface area contributed by atoms with E-state index < -0.39 is 10.0 Å². The number of amides is 1. The molecule has 0 spiro atoms. The van der Waals surface area contributed by atoms with Crippen LogP contribution in [-0.2, 0) is 14.9 Å². The number of carbonyl (C=O) groups excluding carboxylic acids is 1. The fraction of sp³-hybridized carbons (Fsp3) is 0.409. The van der Waals surface area contributed by atoms with Gasteiger partial charge < -0.3 is 14.8 Å². The van der Waals surface area contributed by atoms with Gasteiger partial charge in [-0.25, -0.2) is 8.42 Å². The summed E-state index contributed by atoms with van der Waals surface area (Å²) < 4.78 is 37.2. The van der Waals surface area contributed by atoms with Crippen LogP contribution in [0.5, 0.6) is 11.5 Å². The molecule has 1 N–H and O–H groups in total. The number of sulfonamides is 1. The van der Waals surface area contributed by atoms with Gasteiger partial charge in [-0.05, 0) is 41.8 Å². The molecule has 2 aromatic rings. The van der Waals surface area contributed by atoms with Gasteiger partial charge in [0.2, 0.25) is 0 Å². The molecule has 0 saturated carbocycles. The predicted molar refractivity (Wildman–Crippen MR) is 115 cm³/mol. The molecule has 0 fully saturated rings. The Morgan fingerprint density at radius 1 is 1.10 bits per heavy atom. The van der Waals surface area contributed by atoms with E-state index in [9.17, 15) is 13.2 Å². The van der Waals surface area contributed by atoms with E-state index in [2.05, 4.69) is 5.32 Å². The number of carbonyl (C=O) groups is 1. The van der Waals surface area contributed by atoms with E-state index in [0.717, 1.165) is 16.5 Å². The molecule has 1 aliphatic rings.